The first-order valence-corrected chi connectivity index (χ1v) is 6.01. The van der Waals surface area contributed by atoms with E-state index in [1.807, 2.05) is 32.6 Å². The second-order valence-electron chi connectivity index (χ2n) is 3.83. The minimum Gasteiger partial charge on any atom is -0.390 e. The first-order chi connectivity index (χ1) is 7.51. The third-order valence-electron chi connectivity index (χ3n) is 2.16. The van der Waals surface area contributed by atoms with E-state index in [-0.39, 0.29) is 19.1 Å². The van der Waals surface area contributed by atoms with Gasteiger partial charge in [-0.15, -0.1) is 0 Å². The summed E-state index contributed by atoms with van der Waals surface area (Å²) in [6.07, 6.45) is -1.08. The van der Waals surface area contributed by atoms with Gasteiger partial charge >= 0.3 is 0 Å². The molecule has 0 aliphatic rings. The van der Waals surface area contributed by atoms with Crippen LogP contribution in [0, 0.1) is 0 Å². The first-order valence-electron chi connectivity index (χ1n) is 6.01. The average molecular weight is 235 g/mol. The Bertz CT molecular complexity index is 133. The molecule has 0 aliphatic heterocycles. The normalized spacial score (nSPS) is 14.6. The molecule has 0 aromatic rings. The van der Waals surface area contributed by atoms with Crippen LogP contribution in [0.1, 0.15) is 27.7 Å². The maximum absolute atomic E-state index is 9.38. The van der Waals surface area contributed by atoms with Crippen molar-refractivity contribution in [1.82, 2.24) is 4.90 Å². The lowest BCUT2D eigenvalue weighted by molar-refractivity contribution is 0.0589. The number of nitrogens with two attached hydrogens (primary N) is 2. The lowest BCUT2D eigenvalue weighted by Gasteiger charge is -2.29. The highest BCUT2D eigenvalue weighted by molar-refractivity contribution is 4.72. The van der Waals surface area contributed by atoms with Crippen LogP contribution in [-0.2, 0) is 0 Å². The molecular formula is C11H29N3O2. The molecule has 100 valence electrons. The highest BCUT2D eigenvalue weighted by Gasteiger charge is 2.16. The minimum atomic E-state index is -0.539. The highest BCUT2D eigenvalue weighted by Crippen LogP contribution is 2.01. The molecule has 0 fully saturated rings. The average Bonchev–Trinajstić information content (AvgIpc) is 2.30. The Morgan fingerprint density at radius 3 is 1.44 bits per heavy atom. The maximum atomic E-state index is 9.38. The van der Waals surface area contributed by atoms with Gasteiger partial charge in [0.25, 0.3) is 0 Å². The lowest BCUT2D eigenvalue weighted by Crippen LogP contribution is -2.45. The quantitative estimate of drug-likeness (QED) is 0.471. The number of hydrogen-bond donors (Lipinski definition) is 4. The molecule has 0 heterocycles. The molecule has 0 saturated heterocycles. The highest BCUT2D eigenvalue weighted by atomic mass is 16.3. The van der Waals surface area contributed by atoms with Crippen LogP contribution < -0.4 is 11.5 Å². The Kier molecular flexibility index (Phi) is 12.8. The predicted molar refractivity (Wildman–Crippen MR) is 68.2 cm³/mol. The van der Waals surface area contributed by atoms with Crippen molar-refractivity contribution >= 4 is 0 Å². The van der Waals surface area contributed by atoms with Gasteiger partial charge in [-0.1, -0.05) is 13.8 Å². The van der Waals surface area contributed by atoms with E-state index in [4.69, 9.17) is 11.5 Å². The zero-order valence-corrected chi connectivity index (χ0v) is 11.1. The van der Waals surface area contributed by atoms with Crippen LogP contribution in [-0.4, -0.2) is 59.5 Å². The van der Waals surface area contributed by atoms with Crippen LogP contribution in [0.4, 0.5) is 0 Å². The van der Waals surface area contributed by atoms with Crippen LogP contribution in [0.25, 0.3) is 0 Å². The summed E-state index contributed by atoms with van der Waals surface area (Å²) in [6.45, 7) is 9.44. The zero-order chi connectivity index (χ0) is 13.1. The molecule has 0 saturated carbocycles. The molecule has 5 nitrogen and oxygen atoms in total. The molecule has 0 radical (unpaired) electrons. The Balaban J connectivity index is 0. The van der Waals surface area contributed by atoms with Crippen LogP contribution in [0.5, 0.6) is 0 Å². The molecule has 2 atom stereocenters. The van der Waals surface area contributed by atoms with E-state index in [0.29, 0.717) is 13.1 Å². The molecular weight excluding hydrogens is 206 g/mol. The van der Waals surface area contributed by atoms with E-state index in [1.54, 1.807) is 0 Å². The molecule has 0 aromatic carbocycles. The summed E-state index contributed by atoms with van der Waals surface area (Å²) < 4.78 is 0. The van der Waals surface area contributed by atoms with Crippen molar-refractivity contribution < 1.29 is 10.2 Å². The molecule has 2 unspecified atom stereocenters. The standard InChI is InChI=1S/C9H23N3O2.C2H6/c1-7(2)12(5-8(13)3-10)6-9(14)4-11;1-2/h7-9,13-14H,3-6,10-11H2,1-2H3;1-2H3. The smallest absolute Gasteiger partial charge is 0.0789 e. The maximum Gasteiger partial charge on any atom is 0.0789 e. The molecule has 5 heteroatoms. The third kappa shape index (κ3) is 9.06. The SMILES string of the molecule is CC.CC(C)N(CC(O)CN)CC(O)CN. The minimum absolute atomic E-state index is 0.238. The van der Waals surface area contributed by atoms with E-state index in [0.717, 1.165) is 0 Å². The Hall–Kier alpha value is -0.200. The summed E-state index contributed by atoms with van der Waals surface area (Å²) in [5, 5.41) is 18.8. The fourth-order valence-corrected chi connectivity index (χ4v) is 1.19. The van der Waals surface area contributed by atoms with Crippen LogP contribution in [0.2, 0.25) is 0 Å². The third-order valence-corrected chi connectivity index (χ3v) is 2.16. The second-order valence-corrected chi connectivity index (χ2v) is 3.83. The monoisotopic (exact) mass is 235 g/mol. The molecule has 0 aliphatic carbocycles. The fourth-order valence-electron chi connectivity index (χ4n) is 1.19. The first kappa shape index (κ1) is 18.2. The van der Waals surface area contributed by atoms with Gasteiger partial charge in [0.1, 0.15) is 0 Å². The summed E-state index contributed by atoms with van der Waals surface area (Å²) in [4.78, 5) is 1.97. The largest absolute Gasteiger partial charge is 0.390 e. The zero-order valence-electron chi connectivity index (χ0n) is 11.1. The van der Waals surface area contributed by atoms with Crippen molar-refractivity contribution in [2.45, 2.75) is 45.9 Å². The van der Waals surface area contributed by atoms with Gasteiger partial charge in [-0.05, 0) is 13.8 Å². The van der Waals surface area contributed by atoms with E-state index in [2.05, 4.69) is 0 Å². The number of nitrogens with zero attached hydrogens (tertiary/aromatic N) is 1. The summed E-state index contributed by atoms with van der Waals surface area (Å²) in [5.41, 5.74) is 10.6. The summed E-state index contributed by atoms with van der Waals surface area (Å²) >= 11 is 0. The van der Waals surface area contributed by atoms with E-state index >= 15 is 0 Å². The van der Waals surface area contributed by atoms with Crippen molar-refractivity contribution in [1.29, 1.82) is 0 Å². The van der Waals surface area contributed by atoms with Crippen LogP contribution in [0.3, 0.4) is 0 Å². The molecule has 0 bridgehead atoms. The van der Waals surface area contributed by atoms with Gasteiger partial charge in [-0.25, -0.2) is 0 Å². The number of aliphatic hydroxyl groups is 2. The van der Waals surface area contributed by atoms with Crippen molar-refractivity contribution in [2.75, 3.05) is 26.2 Å². The summed E-state index contributed by atoms with van der Waals surface area (Å²) in [7, 11) is 0. The summed E-state index contributed by atoms with van der Waals surface area (Å²) in [6, 6.07) is 0.261. The van der Waals surface area contributed by atoms with E-state index in [9.17, 15) is 10.2 Å². The molecule has 0 rings (SSSR count). The van der Waals surface area contributed by atoms with Gasteiger partial charge in [0.05, 0.1) is 12.2 Å². The summed E-state index contributed by atoms with van der Waals surface area (Å²) in [5.74, 6) is 0. The Labute approximate surface area is 99.4 Å². The molecule has 0 aromatic heterocycles. The number of hydrogen-bond acceptors (Lipinski definition) is 5. The van der Waals surface area contributed by atoms with Crippen LogP contribution in [0.15, 0.2) is 0 Å². The van der Waals surface area contributed by atoms with Gasteiger partial charge in [0.2, 0.25) is 0 Å². The molecule has 16 heavy (non-hydrogen) atoms. The van der Waals surface area contributed by atoms with Gasteiger partial charge in [0.15, 0.2) is 0 Å². The molecule has 6 N–H and O–H groups in total. The van der Waals surface area contributed by atoms with Gasteiger partial charge in [0, 0.05) is 32.2 Å². The number of rotatable bonds is 7. The second kappa shape index (κ2) is 11.3. The predicted octanol–water partition coefficient (Wildman–Crippen LogP) is -0.638. The van der Waals surface area contributed by atoms with Gasteiger partial charge < -0.3 is 21.7 Å². The van der Waals surface area contributed by atoms with E-state index in [1.165, 1.54) is 0 Å². The van der Waals surface area contributed by atoms with Crippen molar-refractivity contribution in [3.8, 4) is 0 Å². The van der Waals surface area contributed by atoms with Crippen molar-refractivity contribution in [2.24, 2.45) is 11.5 Å². The van der Waals surface area contributed by atoms with E-state index < -0.39 is 12.2 Å². The van der Waals surface area contributed by atoms with Gasteiger partial charge in [-0.3, -0.25) is 4.90 Å². The Morgan fingerprint density at radius 1 is 0.938 bits per heavy atom. The Morgan fingerprint density at radius 2 is 1.25 bits per heavy atom. The van der Waals surface area contributed by atoms with Crippen molar-refractivity contribution in [3.05, 3.63) is 0 Å². The topological polar surface area (TPSA) is 95.7 Å². The number of aliphatic hydroxyl groups excluding tert-OH is 2. The van der Waals surface area contributed by atoms with Gasteiger partial charge in [-0.2, -0.15) is 0 Å². The lowest BCUT2D eigenvalue weighted by atomic mass is 10.2. The molecule has 0 amide bonds. The van der Waals surface area contributed by atoms with Crippen LogP contribution >= 0.6 is 0 Å². The van der Waals surface area contributed by atoms with Crippen molar-refractivity contribution in [3.63, 3.8) is 0 Å². The molecule has 0 spiro atoms. The fraction of sp³-hybridized carbons (Fsp3) is 1.00.